The van der Waals surface area contributed by atoms with Gasteiger partial charge in [-0.05, 0) is 17.7 Å². The minimum Gasteiger partial charge on any atom is -0.486 e. The van der Waals surface area contributed by atoms with Crippen LogP contribution in [0.5, 0.6) is 11.5 Å². The highest BCUT2D eigenvalue weighted by molar-refractivity contribution is 6.31. The van der Waals surface area contributed by atoms with Crippen LogP contribution in [-0.4, -0.2) is 19.3 Å². The Bertz CT molecular complexity index is 734. The van der Waals surface area contributed by atoms with Gasteiger partial charge in [0.15, 0.2) is 11.5 Å². The molecule has 2 N–H and O–H groups in total. The smallest absolute Gasteiger partial charge is 0.417 e. The van der Waals surface area contributed by atoms with E-state index in [1.807, 2.05) is 0 Å². The number of halogens is 4. The largest absolute Gasteiger partial charge is 0.486 e. The number of alkyl halides is 3. The fourth-order valence-electron chi connectivity index (χ4n) is 2.46. The maximum Gasteiger partial charge on any atom is 0.417 e. The van der Waals surface area contributed by atoms with E-state index in [1.165, 1.54) is 30.3 Å². The fraction of sp³-hybridized carbons (Fsp3) is 0.250. The van der Waals surface area contributed by atoms with E-state index in [-0.39, 0.29) is 35.1 Å². The Balaban J connectivity index is 2.20. The highest BCUT2D eigenvalue weighted by atomic mass is 35.5. The van der Waals surface area contributed by atoms with Crippen LogP contribution < -0.4 is 15.2 Å². The van der Waals surface area contributed by atoms with Gasteiger partial charge in [-0.2, -0.15) is 13.2 Å². The molecule has 122 valence electrons. The van der Waals surface area contributed by atoms with E-state index in [0.29, 0.717) is 5.75 Å². The maximum absolute atomic E-state index is 13.3. The van der Waals surface area contributed by atoms with Crippen molar-refractivity contribution < 1.29 is 22.6 Å². The van der Waals surface area contributed by atoms with Crippen LogP contribution in [-0.2, 0) is 6.18 Å². The Hall–Kier alpha value is -1.92. The third-order valence-corrected chi connectivity index (χ3v) is 3.73. The molecule has 23 heavy (non-hydrogen) atoms. The molecule has 0 aliphatic carbocycles. The maximum atomic E-state index is 13.3. The topological polar surface area (TPSA) is 44.5 Å². The van der Waals surface area contributed by atoms with Crippen LogP contribution in [0.4, 0.5) is 13.2 Å². The molecule has 2 aromatic carbocycles. The Morgan fingerprint density at radius 1 is 1.17 bits per heavy atom. The summed E-state index contributed by atoms with van der Waals surface area (Å²) in [7, 11) is 0. The quantitative estimate of drug-likeness (QED) is 0.892. The van der Waals surface area contributed by atoms with Gasteiger partial charge in [0.1, 0.15) is 12.7 Å². The molecule has 0 unspecified atom stereocenters. The van der Waals surface area contributed by atoms with Gasteiger partial charge in [-0.1, -0.05) is 29.8 Å². The highest BCUT2D eigenvalue weighted by Gasteiger charge is 2.35. The van der Waals surface area contributed by atoms with Crippen LogP contribution in [0.2, 0.25) is 5.02 Å². The molecular formula is C16H13ClF3NO2. The summed E-state index contributed by atoms with van der Waals surface area (Å²) in [6.07, 6.45) is -4.91. The highest BCUT2D eigenvalue weighted by Crippen LogP contribution is 2.46. The normalized spacial score (nSPS) is 17.2. The van der Waals surface area contributed by atoms with Crippen molar-refractivity contribution in [1.82, 2.24) is 0 Å². The minimum atomic E-state index is -4.49. The van der Waals surface area contributed by atoms with E-state index in [9.17, 15) is 13.2 Å². The first-order chi connectivity index (χ1) is 10.9. The first-order valence-corrected chi connectivity index (χ1v) is 7.27. The van der Waals surface area contributed by atoms with Gasteiger partial charge < -0.3 is 15.2 Å². The molecule has 1 atom stereocenters. The third kappa shape index (κ3) is 3.09. The number of nitrogens with two attached hydrogens (primary N) is 1. The zero-order valence-corrected chi connectivity index (χ0v) is 12.6. The van der Waals surface area contributed by atoms with E-state index in [1.54, 1.807) is 0 Å². The average Bonchev–Trinajstić information content (AvgIpc) is 2.53. The number of hydrogen-bond acceptors (Lipinski definition) is 3. The van der Waals surface area contributed by atoms with Crippen molar-refractivity contribution in [2.24, 2.45) is 5.73 Å². The van der Waals surface area contributed by atoms with Crippen LogP contribution in [0.3, 0.4) is 0 Å². The zero-order chi connectivity index (χ0) is 16.6. The molecule has 1 aliphatic heterocycles. The molecular weight excluding hydrogens is 331 g/mol. The Labute approximate surface area is 135 Å². The Morgan fingerprint density at radius 2 is 1.91 bits per heavy atom. The van der Waals surface area contributed by atoms with Gasteiger partial charge in [0.2, 0.25) is 0 Å². The van der Waals surface area contributed by atoms with Crippen molar-refractivity contribution in [2.75, 3.05) is 13.2 Å². The van der Waals surface area contributed by atoms with Crippen molar-refractivity contribution >= 4 is 11.6 Å². The second kappa shape index (κ2) is 5.94. The van der Waals surface area contributed by atoms with Crippen LogP contribution >= 0.6 is 11.6 Å². The predicted molar refractivity (Wildman–Crippen MR) is 80.9 cm³/mol. The third-order valence-electron chi connectivity index (χ3n) is 3.51. The average molecular weight is 344 g/mol. The summed E-state index contributed by atoms with van der Waals surface area (Å²) in [6, 6.07) is 8.22. The Kier molecular flexibility index (Phi) is 4.12. The molecule has 3 rings (SSSR count). The molecule has 3 nitrogen and oxygen atoms in total. The summed E-state index contributed by atoms with van der Waals surface area (Å²) < 4.78 is 51.1. The second-order valence-corrected chi connectivity index (χ2v) is 5.55. The van der Waals surface area contributed by atoms with Crippen molar-refractivity contribution in [2.45, 2.75) is 12.3 Å². The van der Waals surface area contributed by atoms with Gasteiger partial charge in [-0.25, -0.2) is 0 Å². The van der Waals surface area contributed by atoms with Crippen LogP contribution in [0.15, 0.2) is 36.4 Å². The molecule has 7 heteroatoms. The lowest BCUT2D eigenvalue weighted by molar-refractivity contribution is -0.137. The summed E-state index contributed by atoms with van der Waals surface area (Å²) >= 11 is 6.03. The lowest BCUT2D eigenvalue weighted by atomic mass is 9.97. The van der Waals surface area contributed by atoms with Gasteiger partial charge in [0.25, 0.3) is 0 Å². The van der Waals surface area contributed by atoms with E-state index in [4.69, 9.17) is 26.8 Å². The van der Waals surface area contributed by atoms with E-state index >= 15 is 0 Å². The van der Waals surface area contributed by atoms with E-state index < -0.39 is 17.8 Å². The standard InChI is InChI=1S/C16H13ClF3NO2/c17-9-5-12(11-3-1-2-4-13(11)16(18,19)20)15-14(6-9)22-8-10(7-21)23-15/h1-6,10H,7-8,21H2/t10-/m0/s1. The van der Waals surface area contributed by atoms with E-state index in [0.717, 1.165) is 6.07 Å². The lowest BCUT2D eigenvalue weighted by Gasteiger charge is -2.28. The zero-order valence-electron chi connectivity index (χ0n) is 11.9. The molecule has 1 heterocycles. The van der Waals surface area contributed by atoms with Crippen molar-refractivity contribution in [3.63, 3.8) is 0 Å². The molecule has 1 aliphatic rings. The van der Waals surface area contributed by atoms with Crippen molar-refractivity contribution in [1.29, 1.82) is 0 Å². The first-order valence-electron chi connectivity index (χ1n) is 6.90. The van der Waals surface area contributed by atoms with Crippen LogP contribution in [0.1, 0.15) is 5.56 Å². The van der Waals surface area contributed by atoms with Gasteiger partial charge in [-0.15, -0.1) is 0 Å². The van der Waals surface area contributed by atoms with Crippen molar-refractivity contribution in [3.8, 4) is 22.6 Å². The summed E-state index contributed by atoms with van der Waals surface area (Å²) in [4.78, 5) is 0. The van der Waals surface area contributed by atoms with Gasteiger partial charge in [0.05, 0.1) is 5.56 Å². The molecule has 0 fully saturated rings. The summed E-state index contributed by atoms with van der Waals surface area (Å²) in [6.45, 7) is 0.423. The van der Waals surface area contributed by atoms with Crippen molar-refractivity contribution in [3.05, 3.63) is 47.0 Å². The van der Waals surface area contributed by atoms with E-state index in [2.05, 4.69) is 0 Å². The van der Waals surface area contributed by atoms with Gasteiger partial charge >= 0.3 is 6.18 Å². The monoisotopic (exact) mass is 343 g/mol. The second-order valence-electron chi connectivity index (χ2n) is 5.11. The molecule has 2 aromatic rings. The summed E-state index contributed by atoms with van der Waals surface area (Å²) in [5, 5.41) is 0.269. The molecule has 0 saturated heterocycles. The molecule has 0 spiro atoms. The summed E-state index contributed by atoms with van der Waals surface area (Å²) in [5.41, 5.74) is 5.03. The minimum absolute atomic E-state index is 0.0139. The van der Waals surface area contributed by atoms with Gasteiger partial charge in [0, 0.05) is 23.2 Å². The lowest BCUT2D eigenvalue weighted by Crippen LogP contribution is -2.36. The number of fused-ring (bicyclic) bond motifs is 1. The first kappa shape index (κ1) is 16.0. The molecule has 0 bridgehead atoms. The summed E-state index contributed by atoms with van der Waals surface area (Å²) in [5.74, 6) is 0.543. The number of rotatable bonds is 2. The fourth-order valence-corrected chi connectivity index (χ4v) is 2.67. The number of hydrogen-bond donors (Lipinski definition) is 1. The van der Waals surface area contributed by atoms with Crippen LogP contribution in [0, 0.1) is 0 Å². The SMILES string of the molecule is NC[C@H]1COc2cc(Cl)cc(-c3ccccc3C(F)(F)F)c2O1. The molecule has 0 aromatic heterocycles. The number of ether oxygens (including phenoxy) is 2. The predicted octanol–water partition coefficient (Wildman–Crippen LogP) is 4.12. The molecule has 0 amide bonds. The molecule has 0 radical (unpaired) electrons. The van der Waals surface area contributed by atoms with Crippen LogP contribution in [0.25, 0.3) is 11.1 Å². The van der Waals surface area contributed by atoms with Gasteiger partial charge in [-0.3, -0.25) is 0 Å². The Morgan fingerprint density at radius 3 is 2.61 bits per heavy atom. The number of benzene rings is 2. The molecule has 0 saturated carbocycles.